The topological polar surface area (TPSA) is 50.4 Å². The van der Waals surface area contributed by atoms with Crippen LogP contribution in [0.1, 0.15) is 46.0 Å². The van der Waals surface area contributed by atoms with Crippen molar-refractivity contribution >= 4 is 11.6 Å². The second-order valence-corrected chi connectivity index (χ2v) is 6.07. The number of carbonyl (C=O) groups is 1. The minimum Gasteiger partial charge on any atom is -0.494 e. The van der Waals surface area contributed by atoms with Crippen molar-refractivity contribution in [1.82, 2.24) is 5.32 Å². The van der Waals surface area contributed by atoms with Crippen LogP contribution in [0.15, 0.2) is 24.3 Å². The number of rotatable bonds is 7. The number of ether oxygens (including phenoxy) is 1. The average molecular weight is 304 g/mol. The third-order valence-electron chi connectivity index (χ3n) is 4.23. The van der Waals surface area contributed by atoms with Crippen LogP contribution in [0.5, 0.6) is 5.75 Å². The Hall–Kier alpha value is -1.71. The van der Waals surface area contributed by atoms with Crippen LogP contribution in [-0.2, 0) is 4.79 Å². The second-order valence-electron chi connectivity index (χ2n) is 6.07. The van der Waals surface area contributed by atoms with Gasteiger partial charge in [-0.1, -0.05) is 19.3 Å². The van der Waals surface area contributed by atoms with Gasteiger partial charge in [-0.2, -0.15) is 0 Å². The highest BCUT2D eigenvalue weighted by Gasteiger charge is 2.17. The second kappa shape index (κ2) is 8.66. The van der Waals surface area contributed by atoms with E-state index in [0.717, 1.165) is 18.0 Å². The minimum absolute atomic E-state index is 0.0689. The van der Waals surface area contributed by atoms with Crippen LogP contribution in [0, 0.1) is 5.92 Å². The molecule has 1 aromatic rings. The fourth-order valence-electron chi connectivity index (χ4n) is 2.92. The van der Waals surface area contributed by atoms with Gasteiger partial charge in [0.2, 0.25) is 5.91 Å². The Labute approximate surface area is 133 Å². The SMILES string of the molecule is CCOc1ccc(NC(C)C(=O)NCC2CCCCC2)cc1. The van der Waals surface area contributed by atoms with Crippen LogP contribution < -0.4 is 15.4 Å². The Bertz CT molecular complexity index is 453. The van der Waals surface area contributed by atoms with E-state index in [1.807, 2.05) is 38.1 Å². The predicted molar refractivity (Wildman–Crippen MR) is 90.3 cm³/mol. The summed E-state index contributed by atoms with van der Waals surface area (Å²) >= 11 is 0. The van der Waals surface area contributed by atoms with E-state index in [0.29, 0.717) is 12.5 Å². The Kier molecular flexibility index (Phi) is 6.56. The number of amides is 1. The van der Waals surface area contributed by atoms with Gasteiger partial charge in [-0.15, -0.1) is 0 Å². The molecule has 0 spiro atoms. The van der Waals surface area contributed by atoms with Crippen molar-refractivity contribution in [1.29, 1.82) is 0 Å². The molecular weight excluding hydrogens is 276 g/mol. The van der Waals surface area contributed by atoms with E-state index in [9.17, 15) is 4.79 Å². The number of anilines is 1. The fourth-order valence-corrected chi connectivity index (χ4v) is 2.92. The van der Waals surface area contributed by atoms with Crippen molar-refractivity contribution in [3.8, 4) is 5.75 Å². The summed E-state index contributed by atoms with van der Waals surface area (Å²) in [5, 5.41) is 6.31. The van der Waals surface area contributed by atoms with Gasteiger partial charge in [-0.3, -0.25) is 4.79 Å². The lowest BCUT2D eigenvalue weighted by molar-refractivity contribution is -0.121. The van der Waals surface area contributed by atoms with Gasteiger partial charge in [0.05, 0.1) is 6.61 Å². The molecule has 1 saturated carbocycles. The van der Waals surface area contributed by atoms with E-state index in [2.05, 4.69) is 10.6 Å². The van der Waals surface area contributed by atoms with Crippen LogP contribution in [0.3, 0.4) is 0 Å². The van der Waals surface area contributed by atoms with Gasteiger partial charge in [0.15, 0.2) is 0 Å². The van der Waals surface area contributed by atoms with Crippen LogP contribution in [0.25, 0.3) is 0 Å². The van der Waals surface area contributed by atoms with E-state index in [1.54, 1.807) is 0 Å². The number of hydrogen-bond donors (Lipinski definition) is 2. The zero-order chi connectivity index (χ0) is 15.8. The Morgan fingerprint density at radius 2 is 1.91 bits per heavy atom. The maximum atomic E-state index is 12.2. The maximum Gasteiger partial charge on any atom is 0.242 e. The fraction of sp³-hybridized carbons (Fsp3) is 0.611. The van der Waals surface area contributed by atoms with Gasteiger partial charge in [0.25, 0.3) is 0 Å². The molecule has 2 rings (SSSR count). The van der Waals surface area contributed by atoms with Gasteiger partial charge in [0.1, 0.15) is 11.8 Å². The molecule has 1 aliphatic rings. The van der Waals surface area contributed by atoms with Crippen molar-refractivity contribution in [3.63, 3.8) is 0 Å². The number of benzene rings is 1. The lowest BCUT2D eigenvalue weighted by Gasteiger charge is -2.23. The molecule has 1 amide bonds. The third-order valence-corrected chi connectivity index (χ3v) is 4.23. The highest BCUT2D eigenvalue weighted by molar-refractivity contribution is 5.84. The van der Waals surface area contributed by atoms with E-state index in [4.69, 9.17) is 4.74 Å². The average Bonchev–Trinajstić information content (AvgIpc) is 2.55. The molecule has 1 unspecified atom stereocenters. The first kappa shape index (κ1) is 16.7. The van der Waals surface area contributed by atoms with Crippen LogP contribution >= 0.6 is 0 Å². The lowest BCUT2D eigenvalue weighted by Crippen LogP contribution is -2.40. The molecule has 2 N–H and O–H groups in total. The molecule has 0 bridgehead atoms. The van der Waals surface area contributed by atoms with Crippen molar-refractivity contribution in [3.05, 3.63) is 24.3 Å². The summed E-state index contributed by atoms with van der Waals surface area (Å²) in [6.45, 7) is 5.33. The van der Waals surface area contributed by atoms with Gasteiger partial charge in [-0.05, 0) is 56.9 Å². The summed E-state index contributed by atoms with van der Waals surface area (Å²) in [4.78, 5) is 12.2. The zero-order valence-corrected chi connectivity index (χ0v) is 13.7. The molecule has 1 aliphatic carbocycles. The standard InChI is InChI=1S/C18H28N2O2/c1-3-22-17-11-9-16(10-12-17)20-14(2)18(21)19-13-15-7-5-4-6-8-15/h9-12,14-15,20H,3-8,13H2,1-2H3,(H,19,21). The smallest absolute Gasteiger partial charge is 0.242 e. The Morgan fingerprint density at radius 3 is 2.55 bits per heavy atom. The van der Waals surface area contributed by atoms with Gasteiger partial charge in [0, 0.05) is 12.2 Å². The molecule has 1 fully saturated rings. The first-order valence-electron chi connectivity index (χ1n) is 8.46. The van der Waals surface area contributed by atoms with Crippen LogP contribution in [-0.4, -0.2) is 25.1 Å². The normalized spacial score (nSPS) is 16.8. The molecule has 0 aliphatic heterocycles. The van der Waals surface area contributed by atoms with E-state index >= 15 is 0 Å². The maximum absolute atomic E-state index is 12.2. The molecule has 4 nitrogen and oxygen atoms in total. The van der Waals surface area contributed by atoms with Gasteiger partial charge >= 0.3 is 0 Å². The summed E-state index contributed by atoms with van der Waals surface area (Å²) in [7, 11) is 0. The minimum atomic E-state index is -0.235. The summed E-state index contributed by atoms with van der Waals surface area (Å²) in [6.07, 6.45) is 6.46. The van der Waals surface area contributed by atoms with Crippen molar-refractivity contribution in [2.45, 2.75) is 52.0 Å². The molecule has 0 aromatic heterocycles. The summed E-state index contributed by atoms with van der Waals surface area (Å²) in [6, 6.07) is 7.48. The largest absolute Gasteiger partial charge is 0.494 e. The van der Waals surface area contributed by atoms with E-state index < -0.39 is 0 Å². The molecule has 122 valence electrons. The van der Waals surface area contributed by atoms with Crippen LogP contribution in [0.4, 0.5) is 5.69 Å². The summed E-state index contributed by atoms with van der Waals surface area (Å²) < 4.78 is 5.41. The molecule has 0 saturated heterocycles. The van der Waals surface area contributed by atoms with Gasteiger partial charge < -0.3 is 15.4 Å². The van der Waals surface area contributed by atoms with E-state index in [-0.39, 0.29) is 11.9 Å². The highest BCUT2D eigenvalue weighted by Crippen LogP contribution is 2.22. The molecule has 1 atom stereocenters. The van der Waals surface area contributed by atoms with Crippen molar-refractivity contribution in [2.75, 3.05) is 18.5 Å². The van der Waals surface area contributed by atoms with Crippen molar-refractivity contribution in [2.24, 2.45) is 5.92 Å². The number of nitrogens with one attached hydrogen (secondary N) is 2. The highest BCUT2D eigenvalue weighted by atomic mass is 16.5. The van der Waals surface area contributed by atoms with E-state index in [1.165, 1.54) is 32.1 Å². The molecule has 0 heterocycles. The summed E-state index contributed by atoms with van der Waals surface area (Å²) in [5.41, 5.74) is 0.934. The molecule has 4 heteroatoms. The Morgan fingerprint density at radius 1 is 1.23 bits per heavy atom. The lowest BCUT2D eigenvalue weighted by atomic mass is 9.89. The van der Waals surface area contributed by atoms with Gasteiger partial charge in [-0.25, -0.2) is 0 Å². The summed E-state index contributed by atoms with van der Waals surface area (Å²) in [5.74, 6) is 1.58. The quantitative estimate of drug-likeness (QED) is 0.809. The zero-order valence-electron chi connectivity index (χ0n) is 13.7. The number of carbonyl (C=O) groups excluding carboxylic acids is 1. The molecule has 1 aromatic carbocycles. The Balaban J connectivity index is 1.75. The first-order valence-corrected chi connectivity index (χ1v) is 8.46. The molecular formula is C18H28N2O2. The third kappa shape index (κ3) is 5.24. The molecule has 0 radical (unpaired) electrons. The number of hydrogen-bond acceptors (Lipinski definition) is 3. The molecule has 22 heavy (non-hydrogen) atoms. The van der Waals surface area contributed by atoms with Crippen LogP contribution in [0.2, 0.25) is 0 Å². The first-order chi connectivity index (χ1) is 10.7. The monoisotopic (exact) mass is 304 g/mol. The van der Waals surface area contributed by atoms with Crippen molar-refractivity contribution < 1.29 is 9.53 Å². The predicted octanol–water partition coefficient (Wildman–Crippen LogP) is 3.58.